The lowest BCUT2D eigenvalue weighted by atomic mass is 9.68. The molecule has 2 heterocycles. The molecule has 4 heteroatoms. The summed E-state index contributed by atoms with van der Waals surface area (Å²) in [5.74, 6) is 2.64. The monoisotopic (exact) mass is 412 g/mol. The Hall–Kier alpha value is -1.00. The number of nitrogens with one attached hydrogen (secondary N) is 2. The van der Waals surface area contributed by atoms with E-state index in [0.717, 1.165) is 62.7 Å². The van der Waals surface area contributed by atoms with Gasteiger partial charge in [-0.1, -0.05) is 26.5 Å². The van der Waals surface area contributed by atoms with Gasteiger partial charge in [0.15, 0.2) is 0 Å². The summed E-state index contributed by atoms with van der Waals surface area (Å²) in [6, 6.07) is 1.49. The minimum atomic E-state index is 0.390. The summed E-state index contributed by atoms with van der Waals surface area (Å²) in [5.41, 5.74) is 3.24. The predicted octanol–water partition coefficient (Wildman–Crippen LogP) is 4.32. The van der Waals surface area contributed by atoms with Gasteiger partial charge in [0.25, 0.3) is 0 Å². The molecule has 5 aliphatic rings. The maximum atomic E-state index is 4.60. The molecule has 2 saturated heterocycles. The first kappa shape index (κ1) is 20.9. The van der Waals surface area contributed by atoms with Gasteiger partial charge in [-0.05, 0) is 75.5 Å². The van der Waals surface area contributed by atoms with Crippen LogP contribution in [0.25, 0.3) is 0 Å². The third-order valence-corrected chi connectivity index (χ3v) is 9.75. The molecule has 0 aromatic rings. The molecular formula is C26H44N4. The summed E-state index contributed by atoms with van der Waals surface area (Å²) in [7, 11) is 0. The van der Waals surface area contributed by atoms with Crippen LogP contribution in [0.3, 0.4) is 0 Å². The Morgan fingerprint density at radius 1 is 0.800 bits per heavy atom. The lowest BCUT2D eigenvalue weighted by Crippen LogP contribution is -2.49. The second-order valence-corrected chi connectivity index (χ2v) is 11.3. The van der Waals surface area contributed by atoms with E-state index in [1.165, 1.54) is 75.6 Å². The molecule has 0 spiro atoms. The van der Waals surface area contributed by atoms with Gasteiger partial charge in [-0.2, -0.15) is 0 Å². The summed E-state index contributed by atoms with van der Waals surface area (Å²) in [6.07, 6.45) is 13.8. The Morgan fingerprint density at radius 2 is 1.43 bits per heavy atom. The van der Waals surface area contributed by atoms with E-state index in [2.05, 4.69) is 40.5 Å². The number of piperazine rings is 1. The van der Waals surface area contributed by atoms with Crippen molar-refractivity contribution in [2.75, 3.05) is 32.8 Å². The van der Waals surface area contributed by atoms with Crippen LogP contribution in [0.1, 0.15) is 71.1 Å². The molecule has 0 aromatic heterocycles. The fraction of sp³-hybridized carbons (Fsp3) is 0.846. The Morgan fingerprint density at radius 3 is 2.10 bits per heavy atom. The average Bonchev–Trinajstić information content (AvgIpc) is 3.24. The molecular weight excluding hydrogens is 368 g/mol. The molecule has 0 radical (unpaired) electrons. The summed E-state index contributed by atoms with van der Waals surface area (Å²) >= 11 is 0. The van der Waals surface area contributed by atoms with Crippen LogP contribution in [0.5, 0.6) is 0 Å². The predicted molar refractivity (Wildman–Crippen MR) is 125 cm³/mol. The molecule has 168 valence electrons. The van der Waals surface area contributed by atoms with Crippen LogP contribution in [0, 0.1) is 23.2 Å². The average molecular weight is 413 g/mol. The van der Waals surface area contributed by atoms with Gasteiger partial charge in [0.2, 0.25) is 0 Å². The number of fused-ring (bicyclic) bond motifs is 1. The van der Waals surface area contributed by atoms with E-state index in [0.29, 0.717) is 5.41 Å². The van der Waals surface area contributed by atoms with Crippen molar-refractivity contribution in [3.05, 3.63) is 24.6 Å². The van der Waals surface area contributed by atoms with Gasteiger partial charge in [0.1, 0.15) is 0 Å². The third-order valence-electron chi connectivity index (χ3n) is 9.75. The molecule has 4 nitrogen and oxygen atoms in total. The highest BCUT2D eigenvalue weighted by Gasteiger charge is 2.39. The molecule has 3 atom stereocenters. The highest BCUT2D eigenvalue weighted by molar-refractivity contribution is 5.14. The zero-order valence-electron chi connectivity index (χ0n) is 19.3. The van der Waals surface area contributed by atoms with Crippen molar-refractivity contribution in [2.45, 2.75) is 83.2 Å². The summed E-state index contributed by atoms with van der Waals surface area (Å²) < 4.78 is 0. The first-order valence-corrected chi connectivity index (χ1v) is 12.9. The zero-order valence-corrected chi connectivity index (χ0v) is 19.3. The minimum absolute atomic E-state index is 0.390. The number of rotatable bonds is 5. The summed E-state index contributed by atoms with van der Waals surface area (Å²) in [6.45, 7) is 17.1. The number of hydrogen-bond donors (Lipinski definition) is 2. The van der Waals surface area contributed by atoms with Gasteiger partial charge in [0.05, 0.1) is 0 Å². The maximum Gasteiger partial charge on any atom is 0.0459 e. The van der Waals surface area contributed by atoms with Gasteiger partial charge in [-0.25, -0.2) is 0 Å². The topological polar surface area (TPSA) is 30.5 Å². The van der Waals surface area contributed by atoms with Crippen LogP contribution >= 0.6 is 0 Å². The second-order valence-electron chi connectivity index (χ2n) is 11.3. The van der Waals surface area contributed by atoms with Crippen LogP contribution in [0.15, 0.2) is 24.6 Å². The maximum absolute atomic E-state index is 4.60. The second kappa shape index (κ2) is 8.50. The quantitative estimate of drug-likeness (QED) is 0.704. The van der Waals surface area contributed by atoms with Crippen LogP contribution in [0.4, 0.5) is 0 Å². The summed E-state index contributed by atoms with van der Waals surface area (Å²) in [4.78, 5) is 5.18. The van der Waals surface area contributed by atoms with Crippen molar-refractivity contribution in [3.8, 4) is 0 Å². The van der Waals surface area contributed by atoms with Gasteiger partial charge in [-0.3, -0.25) is 0 Å². The van der Waals surface area contributed by atoms with Crippen molar-refractivity contribution < 1.29 is 0 Å². The van der Waals surface area contributed by atoms with Crippen LogP contribution in [0.2, 0.25) is 0 Å². The van der Waals surface area contributed by atoms with Crippen molar-refractivity contribution in [3.63, 3.8) is 0 Å². The standard InChI is InChI=1S/C26H44N4/c1-19(29-13-15-30(16-14-29)20(2)26(3)11-4-12-26)21-5-7-22(8-6-21)23-9-10-24-25(17-23)28-18-27-24/h21-25,27-28H,1-2,4-18H2,3H3. The van der Waals surface area contributed by atoms with Crippen LogP contribution in [-0.4, -0.2) is 54.7 Å². The molecule has 5 rings (SSSR count). The molecule has 3 saturated carbocycles. The molecule has 0 aromatic carbocycles. The first-order chi connectivity index (χ1) is 14.5. The van der Waals surface area contributed by atoms with E-state index in [1.54, 1.807) is 0 Å². The molecule has 3 aliphatic carbocycles. The fourth-order valence-corrected chi connectivity index (χ4v) is 7.25. The fourth-order valence-electron chi connectivity index (χ4n) is 7.25. The molecule has 0 amide bonds. The lowest BCUT2D eigenvalue weighted by molar-refractivity contribution is 0.102. The van der Waals surface area contributed by atoms with E-state index in [-0.39, 0.29) is 0 Å². The highest BCUT2D eigenvalue weighted by atomic mass is 15.3. The molecule has 0 bridgehead atoms. The Balaban J connectivity index is 1.07. The lowest BCUT2D eigenvalue weighted by Gasteiger charge is -2.49. The largest absolute Gasteiger partial charge is 0.372 e. The molecule has 2 aliphatic heterocycles. The Kier molecular flexibility index (Phi) is 5.92. The van der Waals surface area contributed by atoms with Crippen molar-refractivity contribution in [1.82, 2.24) is 20.4 Å². The molecule has 3 unspecified atom stereocenters. The number of hydrogen-bond acceptors (Lipinski definition) is 4. The van der Waals surface area contributed by atoms with Crippen molar-refractivity contribution >= 4 is 0 Å². The SMILES string of the molecule is C=C(C1CCC(C2CCC3NCNC3C2)CC1)N1CCN(C(=C)C2(C)CCC2)CC1. The van der Waals surface area contributed by atoms with Crippen molar-refractivity contribution in [2.24, 2.45) is 23.2 Å². The van der Waals surface area contributed by atoms with Crippen LogP contribution < -0.4 is 10.6 Å². The number of allylic oxidation sites excluding steroid dienone is 2. The minimum Gasteiger partial charge on any atom is -0.372 e. The normalized spacial score (nSPS) is 38.6. The molecule has 5 fully saturated rings. The Bertz CT molecular complexity index is 637. The van der Waals surface area contributed by atoms with Gasteiger partial charge in [-0.15, -0.1) is 0 Å². The van der Waals surface area contributed by atoms with Gasteiger partial charge in [0, 0.05) is 61.7 Å². The first-order valence-electron chi connectivity index (χ1n) is 12.9. The molecule has 2 N–H and O–H groups in total. The molecule has 30 heavy (non-hydrogen) atoms. The number of nitrogens with zero attached hydrogens (tertiary/aromatic N) is 2. The highest BCUT2D eigenvalue weighted by Crippen LogP contribution is 2.47. The Labute approximate surface area is 184 Å². The van der Waals surface area contributed by atoms with E-state index in [4.69, 9.17) is 0 Å². The smallest absolute Gasteiger partial charge is 0.0459 e. The van der Waals surface area contributed by atoms with Gasteiger partial charge >= 0.3 is 0 Å². The van der Waals surface area contributed by atoms with Gasteiger partial charge < -0.3 is 20.4 Å². The van der Waals surface area contributed by atoms with Crippen LogP contribution in [-0.2, 0) is 0 Å². The van der Waals surface area contributed by atoms with E-state index in [9.17, 15) is 0 Å². The van der Waals surface area contributed by atoms with E-state index >= 15 is 0 Å². The third kappa shape index (κ3) is 3.95. The van der Waals surface area contributed by atoms with E-state index in [1.807, 2.05) is 0 Å². The van der Waals surface area contributed by atoms with Crippen molar-refractivity contribution in [1.29, 1.82) is 0 Å². The van der Waals surface area contributed by atoms with E-state index < -0.39 is 0 Å². The zero-order chi connectivity index (χ0) is 20.7. The summed E-state index contributed by atoms with van der Waals surface area (Å²) in [5, 5.41) is 7.31.